The highest BCUT2D eigenvalue weighted by molar-refractivity contribution is 5.91. The van der Waals surface area contributed by atoms with Gasteiger partial charge in [0.05, 0.1) is 23.8 Å². The van der Waals surface area contributed by atoms with Crippen LogP contribution in [0.4, 0.5) is 0 Å². The molecule has 0 bridgehead atoms. The van der Waals surface area contributed by atoms with E-state index in [0.29, 0.717) is 6.54 Å². The molecule has 2 heterocycles. The van der Waals surface area contributed by atoms with E-state index in [9.17, 15) is 9.59 Å². The first kappa shape index (κ1) is 15.8. The highest BCUT2D eigenvalue weighted by atomic mass is 16.3. The van der Waals surface area contributed by atoms with Gasteiger partial charge in [-0.2, -0.15) is 0 Å². The summed E-state index contributed by atoms with van der Waals surface area (Å²) in [5.74, 6) is 0.532. The average Bonchev–Trinajstić information content (AvgIpc) is 3.22. The number of hydrogen-bond donors (Lipinski definition) is 2. The summed E-state index contributed by atoms with van der Waals surface area (Å²) in [6, 6.07) is 11.0. The lowest BCUT2D eigenvalue weighted by Crippen LogP contribution is -2.30. The van der Waals surface area contributed by atoms with Crippen LogP contribution in [0.3, 0.4) is 0 Å². The zero-order valence-corrected chi connectivity index (χ0v) is 13.3. The predicted molar refractivity (Wildman–Crippen MR) is 88.2 cm³/mol. The summed E-state index contributed by atoms with van der Waals surface area (Å²) in [7, 11) is 1.92. The van der Waals surface area contributed by atoms with E-state index in [1.807, 2.05) is 35.9 Å². The van der Waals surface area contributed by atoms with Gasteiger partial charge < -0.3 is 19.6 Å². The van der Waals surface area contributed by atoms with E-state index in [4.69, 9.17) is 4.42 Å². The maximum absolute atomic E-state index is 11.9. The van der Waals surface area contributed by atoms with Crippen LogP contribution in [0.1, 0.15) is 22.8 Å². The smallest absolute Gasteiger partial charge is 0.286 e. The van der Waals surface area contributed by atoms with E-state index in [1.54, 1.807) is 12.1 Å². The van der Waals surface area contributed by atoms with Crippen molar-refractivity contribution in [3.63, 3.8) is 0 Å². The summed E-state index contributed by atoms with van der Waals surface area (Å²) >= 11 is 0. The van der Waals surface area contributed by atoms with Crippen molar-refractivity contribution in [2.75, 3.05) is 6.54 Å². The van der Waals surface area contributed by atoms with Crippen molar-refractivity contribution in [3.8, 4) is 0 Å². The number of benzene rings is 1. The lowest BCUT2D eigenvalue weighted by atomic mass is 10.3. The van der Waals surface area contributed by atoms with Gasteiger partial charge >= 0.3 is 0 Å². The van der Waals surface area contributed by atoms with Crippen LogP contribution in [-0.2, 0) is 18.4 Å². The molecule has 2 aromatic heterocycles. The fourth-order valence-electron chi connectivity index (χ4n) is 2.40. The fraction of sp³-hybridized carbons (Fsp3) is 0.235. The average molecular weight is 326 g/mol. The number of carbonyl (C=O) groups excluding carboxylic acids is 2. The third-order valence-electron chi connectivity index (χ3n) is 3.71. The second kappa shape index (κ2) is 6.99. The van der Waals surface area contributed by atoms with Gasteiger partial charge in [-0.15, -0.1) is 0 Å². The van der Waals surface area contributed by atoms with E-state index in [1.165, 1.54) is 6.26 Å². The maximum Gasteiger partial charge on any atom is 0.286 e. The number of carbonyl (C=O) groups is 2. The van der Waals surface area contributed by atoms with Gasteiger partial charge in [-0.05, 0) is 24.3 Å². The predicted octanol–water partition coefficient (Wildman–Crippen LogP) is 1.60. The first-order valence-corrected chi connectivity index (χ1v) is 7.64. The Bertz CT molecular complexity index is 852. The molecule has 0 aliphatic rings. The van der Waals surface area contributed by atoms with E-state index in [0.717, 1.165) is 16.9 Å². The summed E-state index contributed by atoms with van der Waals surface area (Å²) in [4.78, 5) is 28.0. The number of aromatic nitrogens is 2. The Hall–Kier alpha value is -3.09. The minimum absolute atomic E-state index is 0.151. The van der Waals surface area contributed by atoms with Gasteiger partial charge in [0.25, 0.3) is 5.91 Å². The Balaban J connectivity index is 1.47. The SMILES string of the molecule is Cn1c(CNC(=O)CCNC(=O)c2ccco2)nc2ccccc21. The molecule has 24 heavy (non-hydrogen) atoms. The molecule has 7 heteroatoms. The summed E-state index contributed by atoms with van der Waals surface area (Å²) in [6.07, 6.45) is 1.62. The van der Waals surface area contributed by atoms with Crippen LogP contribution in [0.15, 0.2) is 47.1 Å². The van der Waals surface area contributed by atoms with Gasteiger partial charge in [0.1, 0.15) is 5.82 Å². The molecule has 7 nitrogen and oxygen atoms in total. The number of rotatable bonds is 6. The normalized spacial score (nSPS) is 10.7. The maximum atomic E-state index is 11.9. The molecule has 2 N–H and O–H groups in total. The quantitative estimate of drug-likeness (QED) is 0.720. The highest BCUT2D eigenvalue weighted by Crippen LogP contribution is 2.13. The number of aryl methyl sites for hydroxylation is 1. The number of furan rings is 1. The van der Waals surface area contributed by atoms with E-state index < -0.39 is 0 Å². The molecular formula is C17H18N4O3. The number of imidazole rings is 1. The number of para-hydroxylation sites is 2. The van der Waals surface area contributed by atoms with Crippen molar-refractivity contribution in [1.82, 2.24) is 20.2 Å². The molecule has 3 rings (SSSR count). The van der Waals surface area contributed by atoms with Gasteiger partial charge in [0.2, 0.25) is 5.91 Å². The van der Waals surface area contributed by atoms with Crippen molar-refractivity contribution >= 4 is 22.8 Å². The van der Waals surface area contributed by atoms with Crippen LogP contribution in [0.5, 0.6) is 0 Å². The van der Waals surface area contributed by atoms with Crippen LogP contribution in [0, 0.1) is 0 Å². The Morgan fingerprint density at radius 3 is 2.75 bits per heavy atom. The lowest BCUT2D eigenvalue weighted by molar-refractivity contribution is -0.121. The molecule has 0 saturated carbocycles. The van der Waals surface area contributed by atoms with Gasteiger partial charge in [-0.1, -0.05) is 12.1 Å². The van der Waals surface area contributed by atoms with Gasteiger partial charge in [-0.25, -0.2) is 4.98 Å². The molecule has 2 amide bonds. The Kier molecular flexibility index (Phi) is 4.60. The van der Waals surface area contributed by atoms with Crippen LogP contribution in [0.25, 0.3) is 11.0 Å². The standard InChI is InChI=1S/C17H18N4O3/c1-21-13-6-3-2-5-12(13)20-15(21)11-19-16(22)8-9-18-17(23)14-7-4-10-24-14/h2-7,10H,8-9,11H2,1H3,(H,18,23)(H,19,22). The Labute approximate surface area is 138 Å². The van der Waals surface area contributed by atoms with E-state index in [2.05, 4.69) is 15.6 Å². The Morgan fingerprint density at radius 1 is 1.17 bits per heavy atom. The third-order valence-corrected chi connectivity index (χ3v) is 3.71. The van der Waals surface area contributed by atoms with Crippen molar-refractivity contribution in [1.29, 1.82) is 0 Å². The van der Waals surface area contributed by atoms with Gasteiger partial charge in [0, 0.05) is 20.0 Å². The molecule has 0 unspecified atom stereocenters. The molecule has 3 aromatic rings. The molecule has 0 atom stereocenters. The molecule has 0 radical (unpaired) electrons. The monoisotopic (exact) mass is 326 g/mol. The minimum atomic E-state index is -0.330. The molecule has 0 aliphatic heterocycles. The number of amides is 2. The second-order valence-electron chi connectivity index (χ2n) is 5.34. The van der Waals surface area contributed by atoms with Crippen LogP contribution in [0.2, 0.25) is 0 Å². The van der Waals surface area contributed by atoms with Crippen molar-refractivity contribution in [2.24, 2.45) is 7.05 Å². The van der Waals surface area contributed by atoms with Crippen molar-refractivity contribution in [3.05, 3.63) is 54.2 Å². The van der Waals surface area contributed by atoms with Gasteiger partial charge in [-0.3, -0.25) is 9.59 Å². The number of hydrogen-bond acceptors (Lipinski definition) is 4. The highest BCUT2D eigenvalue weighted by Gasteiger charge is 2.10. The van der Waals surface area contributed by atoms with Gasteiger partial charge in [0.15, 0.2) is 5.76 Å². The molecular weight excluding hydrogens is 308 g/mol. The summed E-state index contributed by atoms with van der Waals surface area (Å²) < 4.78 is 6.93. The molecule has 0 aliphatic carbocycles. The molecule has 1 aromatic carbocycles. The second-order valence-corrected chi connectivity index (χ2v) is 5.34. The summed E-state index contributed by atoms with van der Waals surface area (Å²) in [5, 5.41) is 5.44. The van der Waals surface area contributed by atoms with E-state index >= 15 is 0 Å². The first-order chi connectivity index (χ1) is 11.6. The summed E-state index contributed by atoms with van der Waals surface area (Å²) in [5.41, 5.74) is 1.92. The molecule has 0 fully saturated rings. The third kappa shape index (κ3) is 3.45. The molecule has 124 valence electrons. The summed E-state index contributed by atoms with van der Waals surface area (Å²) in [6.45, 7) is 0.587. The largest absolute Gasteiger partial charge is 0.459 e. The fourth-order valence-corrected chi connectivity index (χ4v) is 2.40. The number of nitrogens with zero attached hydrogens (tertiary/aromatic N) is 2. The van der Waals surface area contributed by atoms with Crippen molar-refractivity contribution < 1.29 is 14.0 Å². The lowest BCUT2D eigenvalue weighted by Gasteiger charge is -2.06. The number of nitrogens with one attached hydrogen (secondary N) is 2. The Morgan fingerprint density at radius 2 is 2.00 bits per heavy atom. The topological polar surface area (TPSA) is 89.2 Å². The first-order valence-electron chi connectivity index (χ1n) is 7.64. The van der Waals surface area contributed by atoms with Crippen LogP contribution >= 0.6 is 0 Å². The zero-order chi connectivity index (χ0) is 16.9. The van der Waals surface area contributed by atoms with Crippen LogP contribution in [-0.4, -0.2) is 27.9 Å². The van der Waals surface area contributed by atoms with Crippen molar-refractivity contribution in [2.45, 2.75) is 13.0 Å². The molecule has 0 saturated heterocycles. The zero-order valence-electron chi connectivity index (χ0n) is 13.3. The molecule has 0 spiro atoms. The van der Waals surface area contributed by atoms with Crippen LogP contribution < -0.4 is 10.6 Å². The number of fused-ring (bicyclic) bond motifs is 1. The minimum Gasteiger partial charge on any atom is -0.459 e. The van der Waals surface area contributed by atoms with E-state index in [-0.39, 0.29) is 30.5 Å².